The number of hydrogen-bond donors (Lipinski definition) is 1. The number of aromatic nitrogens is 1. The molecule has 1 amide bonds. The second-order valence-electron chi connectivity index (χ2n) is 6.89. The van der Waals surface area contributed by atoms with E-state index in [-0.39, 0.29) is 30.3 Å². The fraction of sp³-hybridized carbons (Fsp3) is 0.381. The Labute approximate surface area is 176 Å². The van der Waals surface area contributed by atoms with Crippen molar-refractivity contribution >= 4 is 11.9 Å². The lowest BCUT2D eigenvalue weighted by Gasteiger charge is -2.28. The first kappa shape index (κ1) is 24.3. The van der Waals surface area contributed by atoms with Crippen LogP contribution in [0.1, 0.15) is 17.5 Å². The Kier molecular flexibility index (Phi) is 8.49. The molecule has 1 fully saturated rings. The Bertz CT molecular complexity index is 877. The number of methoxy groups -OCH3 is 1. The van der Waals surface area contributed by atoms with Crippen LogP contribution in [0.5, 0.6) is 0 Å². The highest BCUT2D eigenvalue weighted by Crippen LogP contribution is 2.25. The third-order valence-corrected chi connectivity index (χ3v) is 4.76. The van der Waals surface area contributed by atoms with Crippen LogP contribution in [-0.2, 0) is 27.2 Å². The van der Waals surface area contributed by atoms with Crippen LogP contribution in [-0.4, -0.2) is 58.8 Å². The Morgan fingerprint density at radius 1 is 1.23 bits per heavy atom. The van der Waals surface area contributed by atoms with Gasteiger partial charge in [-0.3, -0.25) is 9.78 Å². The van der Waals surface area contributed by atoms with Crippen molar-refractivity contribution in [3.8, 4) is 0 Å². The standard InChI is InChI=1S/C19H21FN2O2.C2HF3O2/c1-24-18-7-9-22(17(18)11-15-5-3-8-21-13-15)19(23)12-14-4-2-6-16(20)10-14;3-2(4,5)1(6)7/h2-6,8,10,13,17-18H,7,9,11-12H2,1H3;(H,6,7)/t17-,18+;/m0./s1. The summed E-state index contributed by atoms with van der Waals surface area (Å²) < 4.78 is 50.6. The molecule has 0 unspecified atom stereocenters. The maximum Gasteiger partial charge on any atom is 0.490 e. The minimum atomic E-state index is -5.08. The fourth-order valence-electron chi connectivity index (χ4n) is 3.33. The number of likely N-dealkylation sites (tertiary alicyclic amines) is 1. The van der Waals surface area contributed by atoms with Gasteiger partial charge in [-0.25, -0.2) is 9.18 Å². The number of carboxylic acid groups (broad SMARTS) is 1. The number of halogens is 4. The minimum absolute atomic E-state index is 0.00837. The second kappa shape index (κ2) is 10.9. The van der Waals surface area contributed by atoms with Crippen molar-refractivity contribution in [2.45, 2.75) is 37.6 Å². The molecule has 6 nitrogen and oxygen atoms in total. The van der Waals surface area contributed by atoms with Gasteiger partial charge in [0.05, 0.1) is 18.6 Å². The Hall–Kier alpha value is -3.01. The van der Waals surface area contributed by atoms with Crippen LogP contribution in [0, 0.1) is 5.82 Å². The summed E-state index contributed by atoms with van der Waals surface area (Å²) in [6.45, 7) is 0.664. The molecule has 2 atom stereocenters. The molecule has 1 aliphatic rings. The molecule has 1 aromatic carbocycles. The minimum Gasteiger partial charge on any atom is -0.475 e. The molecule has 1 saturated heterocycles. The van der Waals surface area contributed by atoms with Crippen molar-refractivity contribution in [1.82, 2.24) is 9.88 Å². The van der Waals surface area contributed by atoms with E-state index in [2.05, 4.69) is 4.98 Å². The monoisotopic (exact) mass is 442 g/mol. The van der Waals surface area contributed by atoms with Crippen LogP contribution < -0.4 is 0 Å². The maximum absolute atomic E-state index is 13.3. The molecular formula is C21H22F4N2O4. The van der Waals surface area contributed by atoms with Gasteiger partial charge in [0.1, 0.15) is 5.82 Å². The van der Waals surface area contributed by atoms with Crippen molar-refractivity contribution in [2.24, 2.45) is 0 Å². The first-order valence-electron chi connectivity index (χ1n) is 9.37. The molecule has 1 aliphatic heterocycles. The maximum atomic E-state index is 13.3. The highest BCUT2D eigenvalue weighted by molar-refractivity contribution is 5.79. The molecule has 0 aliphatic carbocycles. The number of alkyl halides is 3. The van der Waals surface area contributed by atoms with E-state index in [9.17, 15) is 22.4 Å². The molecule has 2 aromatic rings. The van der Waals surface area contributed by atoms with E-state index in [4.69, 9.17) is 14.6 Å². The summed E-state index contributed by atoms with van der Waals surface area (Å²) >= 11 is 0. The van der Waals surface area contributed by atoms with E-state index >= 15 is 0 Å². The average Bonchev–Trinajstić information content (AvgIpc) is 3.11. The number of rotatable bonds is 5. The van der Waals surface area contributed by atoms with E-state index in [1.807, 2.05) is 23.2 Å². The summed E-state index contributed by atoms with van der Waals surface area (Å²) in [7, 11) is 1.68. The van der Waals surface area contributed by atoms with Crippen LogP contribution in [0.3, 0.4) is 0 Å². The van der Waals surface area contributed by atoms with Gasteiger partial charge < -0.3 is 14.7 Å². The molecule has 0 spiro atoms. The van der Waals surface area contributed by atoms with E-state index in [1.165, 1.54) is 12.1 Å². The van der Waals surface area contributed by atoms with Gasteiger partial charge in [-0.2, -0.15) is 13.2 Å². The van der Waals surface area contributed by atoms with Crippen LogP contribution in [0.4, 0.5) is 17.6 Å². The zero-order chi connectivity index (χ0) is 23.0. The van der Waals surface area contributed by atoms with Gasteiger partial charge in [-0.15, -0.1) is 0 Å². The smallest absolute Gasteiger partial charge is 0.475 e. The largest absolute Gasteiger partial charge is 0.490 e. The third kappa shape index (κ3) is 7.32. The molecule has 31 heavy (non-hydrogen) atoms. The van der Waals surface area contributed by atoms with Crippen LogP contribution >= 0.6 is 0 Å². The molecule has 0 bridgehead atoms. The SMILES string of the molecule is CO[C@@H]1CCN(C(=O)Cc2cccc(F)c2)[C@H]1Cc1cccnc1.O=C(O)C(F)(F)F. The van der Waals surface area contributed by atoms with Crippen LogP contribution in [0.2, 0.25) is 0 Å². The van der Waals surface area contributed by atoms with Gasteiger partial charge in [0.15, 0.2) is 0 Å². The normalized spacial score (nSPS) is 18.3. The Balaban J connectivity index is 0.000000423. The third-order valence-electron chi connectivity index (χ3n) is 4.76. The highest BCUT2D eigenvalue weighted by Gasteiger charge is 2.38. The van der Waals surface area contributed by atoms with Gasteiger partial charge in [0.2, 0.25) is 5.91 Å². The summed E-state index contributed by atoms with van der Waals surface area (Å²) in [5, 5.41) is 7.12. The number of carbonyl (C=O) groups excluding carboxylic acids is 1. The fourth-order valence-corrected chi connectivity index (χ4v) is 3.33. The first-order chi connectivity index (χ1) is 14.6. The van der Waals surface area contributed by atoms with Gasteiger partial charge in [-0.1, -0.05) is 18.2 Å². The van der Waals surface area contributed by atoms with Crippen molar-refractivity contribution < 1.29 is 37.0 Å². The van der Waals surface area contributed by atoms with Gasteiger partial charge in [0, 0.05) is 26.0 Å². The summed E-state index contributed by atoms with van der Waals surface area (Å²) in [5.41, 5.74) is 1.77. The number of hydrogen-bond acceptors (Lipinski definition) is 4. The number of aliphatic carboxylic acids is 1. The molecule has 10 heteroatoms. The predicted octanol–water partition coefficient (Wildman–Crippen LogP) is 3.26. The number of benzene rings is 1. The zero-order valence-electron chi connectivity index (χ0n) is 16.7. The number of pyridine rings is 1. The van der Waals surface area contributed by atoms with Crippen molar-refractivity contribution in [2.75, 3.05) is 13.7 Å². The average molecular weight is 442 g/mol. The number of ether oxygens (including phenoxy) is 1. The van der Waals surface area contributed by atoms with Crippen molar-refractivity contribution in [3.05, 3.63) is 65.7 Å². The summed E-state index contributed by atoms with van der Waals surface area (Å²) in [6, 6.07) is 10.1. The molecule has 3 rings (SSSR count). The van der Waals surface area contributed by atoms with Crippen molar-refractivity contribution in [1.29, 1.82) is 0 Å². The lowest BCUT2D eigenvalue weighted by Crippen LogP contribution is -2.42. The molecular weight excluding hydrogens is 420 g/mol. The quantitative estimate of drug-likeness (QED) is 0.720. The molecule has 2 heterocycles. The number of carboxylic acids is 1. The van der Waals surface area contributed by atoms with Crippen LogP contribution in [0.15, 0.2) is 48.8 Å². The second-order valence-corrected chi connectivity index (χ2v) is 6.89. The Morgan fingerprint density at radius 2 is 1.90 bits per heavy atom. The summed E-state index contributed by atoms with van der Waals surface area (Å²) in [5.74, 6) is -3.06. The number of amides is 1. The number of carbonyl (C=O) groups is 2. The lowest BCUT2D eigenvalue weighted by atomic mass is 10.0. The first-order valence-corrected chi connectivity index (χ1v) is 9.37. The van der Waals surface area contributed by atoms with E-state index < -0.39 is 12.1 Å². The van der Waals surface area contributed by atoms with Crippen LogP contribution in [0.25, 0.3) is 0 Å². The van der Waals surface area contributed by atoms with Gasteiger partial charge in [-0.05, 0) is 42.2 Å². The molecule has 1 N–H and O–H groups in total. The molecule has 168 valence electrons. The van der Waals surface area contributed by atoms with Gasteiger partial charge in [0.25, 0.3) is 0 Å². The molecule has 0 saturated carbocycles. The molecule has 0 radical (unpaired) electrons. The van der Waals surface area contributed by atoms with Crippen molar-refractivity contribution in [3.63, 3.8) is 0 Å². The zero-order valence-corrected chi connectivity index (χ0v) is 16.7. The van der Waals surface area contributed by atoms with E-state index in [1.54, 1.807) is 25.4 Å². The topological polar surface area (TPSA) is 79.7 Å². The summed E-state index contributed by atoms with van der Waals surface area (Å²) in [6.07, 6.45) is 0.218. The predicted molar refractivity (Wildman–Crippen MR) is 103 cm³/mol. The molecule has 1 aromatic heterocycles. The van der Waals surface area contributed by atoms with E-state index in [0.29, 0.717) is 18.5 Å². The van der Waals surface area contributed by atoms with Gasteiger partial charge >= 0.3 is 12.1 Å². The van der Waals surface area contributed by atoms with E-state index in [0.717, 1.165) is 12.0 Å². The lowest BCUT2D eigenvalue weighted by molar-refractivity contribution is -0.192. The highest BCUT2D eigenvalue weighted by atomic mass is 19.4. The Morgan fingerprint density at radius 3 is 2.45 bits per heavy atom. The number of nitrogens with zero attached hydrogens (tertiary/aromatic N) is 2. The summed E-state index contributed by atoms with van der Waals surface area (Å²) in [4.78, 5) is 27.6.